The van der Waals surface area contributed by atoms with Gasteiger partial charge in [0, 0.05) is 18.2 Å². The van der Waals surface area contributed by atoms with Crippen LogP contribution in [0.1, 0.15) is 17.5 Å². The molecule has 1 aliphatic rings. The second-order valence-electron chi connectivity index (χ2n) is 3.65. The second kappa shape index (κ2) is 5.74. The van der Waals surface area contributed by atoms with E-state index < -0.39 is 0 Å². The molecular formula is C13H10Br2FN. The summed E-state index contributed by atoms with van der Waals surface area (Å²) < 4.78 is 14.5. The molecule has 0 bridgehead atoms. The van der Waals surface area contributed by atoms with Crippen LogP contribution in [0.15, 0.2) is 32.7 Å². The molecule has 1 aliphatic heterocycles. The van der Waals surface area contributed by atoms with E-state index in [-0.39, 0.29) is 5.82 Å². The van der Waals surface area contributed by atoms with Gasteiger partial charge in [0.2, 0.25) is 0 Å². The number of hydrogen-bond donors (Lipinski definition) is 0. The van der Waals surface area contributed by atoms with Gasteiger partial charge in [0.25, 0.3) is 0 Å². The van der Waals surface area contributed by atoms with Crippen LogP contribution >= 0.6 is 31.9 Å². The lowest BCUT2D eigenvalue weighted by Gasteiger charge is -2.09. The van der Waals surface area contributed by atoms with E-state index in [0.717, 1.165) is 20.9 Å². The van der Waals surface area contributed by atoms with Gasteiger partial charge < -0.3 is 0 Å². The Morgan fingerprint density at radius 1 is 1.35 bits per heavy atom. The van der Waals surface area contributed by atoms with Crippen molar-refractivity contribution < 1.29 is 4.39 Å². The summed E-state index contributed by atoms with van der Waals surface area (Å²) in [5.74, 6) is -0.220. The van der Waals surface area contributed by atoms with Crippen molar-refractivity contribution in [1.29, 1.82) is 0 Å². The van der Waals surface area contributed by atoms with Gasteiger partial charge in [-0.3, -0.25) is 4.99 Å². The Balaban J connectivity index is 2.31. The number of allylic oxidation sites excluding steroid dienone is 1. The van der Waals surface area contributed by atoms with Crippen molar-refractivity contribution in [1.82, 2.24) is 0 Å². The lowest BCUT2D eigenvalue weighted by atomic mass is 10.00. The zero-order valence-corrected chi connectivity index (χ0v) is 12.1. The van der Waals surface area contributed by atoms with Crippen molar-refractivity contribution in [2.24, 2.45) is 4.99 Å². The molecule has 0 atom stereocenters. The number of benzene rings is 1. The molecule has 88 valence electrons. The molecule has 0 spiro atoms. The number of hydrogen-bond acceptors (Lipinski definition) is 1. The normalized spacial score (nSPS) is 14.4. The van der Waals surface area contributed by atoms with Crippen molar-refractivity contribution in [3.63, 3.8) is 0 Å². The third kappa shape index (κ3) is 3.36. The van der Waals surface area contributed by atoms with Crippen LogP contribution in [0.3, 0.4) is 0 Å². The van der Waals surface area contributed by atoms with Crippen LogP contribution in [0, 0.1) is 5.82 Å². The first-order valence-corrected chi connectivity index (χ1v) is 6.75. The van der Waals surface area contributed by atoms with Crippen molar-refractivity contribution in [3.05, 3.63) is 44.6 Å². The monoisotopic (exact) mass is 357 g/mol. The van der Waals surface area contributed by atoms with E-state index in [4.69, 9.17) is 0 Å². The Hall–Kier alpha value is -0.740. The first-order chi connectivity index (χ1) is 8.16. The summed E-state index contributed by atoms with van der Waals surface area (Å²) in [6.07, 6.45) is 6.37. The molecule has 1 aromatic rings. The lowest BCUT2D eigenvalue weighted by molar-refractivity contribution is 0.624. The lowest BCUT2D eigenvalue weighted by Crippen LogP contribution is -1.95. The molecule has 0 radical (unpaired) electrons. The number of halogens is 3. The van der Waals surface area contributed by atoms with Gasteiger partial charge in [-0.05, 0) is 55.1 Å². The minimum absolute atomic E-state index is 0.220. The maximum Gasteiger partial charge on any atom is 0.131 e. The van der Waals surface area contributed by atoms with Crippen LogP contribution in [0.5, 0.6) is 0 Å². The number of rotatable bonds is 2. The van der Waals surface area contributed by atoms with Gasteiger partial charge in [-0.25, -0.2) is 4.39 Å². The fourth-order valence-corrected chi connectivity index (χ4v) is 2.17. The summed E-state index contributed by atoms with van der Waals surface area (Å²) >= 11 is 6.45. The molecule has 4 heteroatoms. The fourth-order valence-electron chi connectivity index (χ4n) is 1.68. The molecule has 1 heterocycles. The minimum atomic E-state index is -0.220. The van der Waals surface area contributed by atoms with Gasteiger partial charge in [-0.2, -0.15) is 0 Å². The molecule has 0 saturated heterocycles. The zero-order chi connectivity index (χ0) is 12.3. The number of dihydropyridines is 1. The highest BCUT2D eigenvalue weighted by Crippen LogP contribution is 2.24. The average Bonchev–Trinajstić information content (AvgIpc) is 2.32. The van der Waals surface area contributed by atoms with Crippen LogP contribution in [0.4, 0.5) is 4.39 Å². The van der Waals surface area contributed by atoms with Gasteiger partial charge in [-0.1, -0.05) is 18.2 Å². The van der Waals surface area contributed by atoms with Crippen molar-refractivity contribution in [2.45, 2.75) is 6.42 Å². The molecule has 17 heavy (non-hydrogen) atoms. The third-order valence-electron chi connectivity index (χ3n) is 2.52. The van der Waals surface area contributed by atoms with E-state index in [1.54, 1.807) is 18.2 Å². The summed E-state index contributed by atoms with van der Waals surface area (Å²) in [4.78, 5) is 4.12. The van der Waals surface area contributed by atoms with Gasteiger partial charge in [-0.15, -0.1) is 0 Å². The second-order valence-corrected chi connectivity index (χ2v) is 6.42. The SMILES string of the molecule is Fc1cc(C2=CCN=CC2)ccc1C=C(Br)Br. The first-order valence-electron chi connectivity index (χ1n) is 5.17. The molecule has 0 fully saturated rings. The molecule has 2 rings (SSSR count). The van der Waals surface area contributed by atoms with E-state index in [9.17, 15) is 4.39 Å². The molecule has 0 unspecified atom stereocenters. The maximum atomic E-state index is 13.8. The van der Waals surface area contributed by atoms with Crippen LogP contribution < -0.4 is 0 Å². The van der Waals surface area contributed by atoms with Crippen molar-refractivity contribution in [3.8, 4) is 0 Å². The van der Waals surface area contributed by atoms with Crippen molar-refractivity contribution in [2.75, 3.05) is 6.54 Å². The van der Waals surface area contributed by atoms with Gasteiger partial charge >= 0.3 is 0 Å². The molecule has 1 nitrogen and oxygen atoms in total. The molecule has 0 saturated carbocycles. The van der Waals surface area contributed by atoms with Crippen LogP contribution in [-0.4, -0.2) is 12.8 Å². The van der Waals surface area contributed by atoms with E-state index in [2.05, 4.69) is 36.9 Å². The summed E-state index contributed by atoms with van der Waals surface area (Å²) in [5, 5.41) is 0. The first kappa shape index (κ1) is 12.7. The van der Waals surface area contributed by atoms with Crippen LogP contribution in [-0.2, 0) is 0 Å². The Morgan fingerprint density at radius 3 is 2.76 bits per heavy atom. The highest BCUT2D eigenvalue weighted by Gasteiger charge is 2.07. The molecular weight excluding hydrogens is 349 g/mol. The summed E-state index contributed by atoms with van der Waals surface area (Å²) in [7, 11) is 0. The Morgan fingerprint density at radius 2 is 2.18 bits per heavy atom. The highest BCUT2D eigenvalue weighted by atomic mass is 79.9. The van der Waals surface area contributed by atoms with E-state index >= 15 is 0 Å². The van der Waals surface area contributed by atoms with Gasteiger partial charge in [0.05, 0.1) is 9.94 Å². The fraction of sp³-hybridized carbons (Fsp3) is 0.154. The zero-order valence-electron chi connectivity index (χ0n) is 8.96. The predicted octanol–water partition coefficient (Wildman–Crippen LogP) is 4.77. The summed E-state index contributed by atoms with van der Waals surface area (Å²) in [6.45, 7) is 0.686. The predicted molar refractivity (Wildman–Crippen MR) is 78.2 cm³/mol. The largest absolute Gasteiger partial charge is 0.293 e. The third-order valence-corrected chi connectivity index (χ3v) is 2.98. The van der Waals surface area contributed by atoms with E-state index in [0.29, 0.717) is 12.1 Å². The van der Waals surface area contributed by atoms with Crippen LogP contribution in [0.2, 0.25) is 0 Å². The standard InChI is InChI=1S/C13H10Br2FN/c14-13(15)8-11-2-1-10(7-12(11)16)9-3-5-17-6-4-9/h1-3,6-8H,4-5H2. The maximum absolute atomic E-state index is 13.8. The summed E-state index contributed by atoms with van der Waals surface area (Å²) in [6, 6.07) is 5.28. The smallest absolute Gasteiger partial charge is 0.131 e. The Labute approximate surface area is 116 Å². The van der Waals surface area contributed by atoms with Crippen LogP contribution in [0.25, 0.3) is 11.6 Å². The molecule has 1 aromatic carbocycles. The molecule has 0 N–H and O–H groups in total. The average molecular weight is 359 g/mol. The van der Waals surface area contributed by atoms with E-state index in [1.165, 1.54) is 0 Å². The van der Waals surface area contributed by atoms with Gasteiger partial charge in [0.15, 0.2) is 0 Å². The molecule has 0 aromatic heterocycles. The van der Waals surface area contributed by atoms with Gasteiger partial charge in [0.1, 0.15) is 5.82 Å². The molecule has 0 aliphatic carbocycles. The highest BCUT2D eigenvalue weighted by molar-refractivity contribution is 9.28. The van der Waals surface area contributed by atoms with E-state index in [1.807, 2.05) is 18.4 Å². The number of aliphatic imine (C=N–C) groups is 1. The summed E-state index contributed by atoms with van der Waals surface area (Å²) in [5.41, 5.74) is 2.62. The Bertz CT molecular complexity index is 514. The topological polar surface area (TPSA) is 12.4 Å². The Kier molecular flexibility index (Phi) is 4.29. The minimum Gasteiger partial charge on any atom is -0.293 e. The molecule has 0 amide bonds. The quantitative estimate of drug-likeness (QED) is 0.721. The van der Waals surface area contributed by atoms with Crippen molar-refractivity contribution >= 4 is 49.7 Å². The number of nitrogens with zero attached hydrogens (tertiary/aromatic N) is 1.